The largest absolute Gasteiger partial charge is 0.463 e. The molecule has 2 heterocycles. The Labute approximate surface area is 171 Å². The first kappa shape index (κ1) is 24.4. The van der Waals surface area contributed by atoms with E-state index in [-0.39, 0.29) is 6.61 Å². The summed E-state index contributed by atoms with van der Waals surface area (Å²) in [6.07, 6.45) is -12.8. The zero-order valence-electron chi connectivity index (χ0n) is 16.6. The molecule has 0 aromatic rings. The van der Waals surface area contributed by atoms with Crippen LogP contribution in [-0.4, -0.2) is 107 Å². The van der Waals surface area contributed by atoms with Crippen LogP contribution >= 0.6 is 0 Å². The summed E-state index contributed by atoms with van der Waals surface area (Å²) >= 11 is 0. The Hall–Kier alpha value is -1.87. The lowest BCUT2D eigenvalue weighted by Gasteiger charge is -2.38. The van der Waals surface area contributed by atoms with E-state index in [1.165, 1.54) is 6.92 Å². The lowest BCUT2D eigenvalue weighted by molar-refractivity contribution is -0.298. The van der Waals surface area contributed by atoms with Crippen LogP contribution in [0.25, 0.3) is 0 Å². The molecule has 0 radical (unpaired) electrons. The average molecular weight is 438 g/mol. The second-order valence-corrected chi connectivity index (χ2v) is 6.86. The number of ether oxygens (including phenoxy) is 6. The van der Waals surface area contributed by atoms with Crippen molar-refractivity contribution in [1.82, 2.24) is 0 Å². The molecule has 0 spiro atoms. The van der Waals surface area contributed by atoms with Crippen molar-refractivity contribution in [1.29, 1.82) is 0 Å². The Bertz CT molecular complexity index is 625. The van der Waals surface area contributed by atoms with E-state index >= 15 is 0 Å². The van der Waals surface area contributed by atoms with E-state index in [1.54, 1.807) is 0 Å². The third-order valence-corrected chi connectivity index (χ3v) is 4.43. The van der Waals surface area contributed by atoms with Gasteiger partial charge in [0, 0.05) is 20.8 Å². The highest BCUT2D eigenvalue weighted by Crippen LogP contribution is 2.29. The maximum absolute atomic E-state index is 11.5. The van der Waals surface area contributed by atoms with Gasteiger partial charge < -0.3 is 48.8 Å². The lowest BCUT2D eigenvalue weighted by atomic mass is 9.99. The van der Waals surface area contributed by atoms with Crippen molar-refractivity contribution in [2.75, 3.05) is 13.2 Å². The van der Waals surface area contributed by atoms with Gasteiger partial charge in [0.1, 0.15) is 37.1 Å². The predicted octanol–water partition coefficient (Wildman–Crippen LogP) is -3.05. The highest BCUT2D eigenvalue weighted by molar-refractivity contribution is 5.67. The highest BCUT2D eigenvalue weighted by Gasteiger charge is 2.51. The molecule has 4 N–H and O–H groups in total. The van der Waals surface area contributed by atoms with Crippen LogP contribution in [0.1, 0.15) is 20.8 Å². The molecule has 2 fully saturated rings. The van der Waals surface area contributed by atoms with Gasteiger partial charge in [-0.1, -0.05) is 0 Å². The van der Waals surface area contributed by atoms with Gasteiger partial charge in [-0.25, -0.2) is 0 Å². The van der Waals surface area contributed by atoms with Crippen LogP contribution < -0.4 is 0 Å². The molecule has 0 bridgehead atoms. The van der Waals surface area contributed by atoms with Gasteiger partial charge in [-0.3, -0.25) is 14.4 Å². The molecule has 13 heteroatoms. The quantitative estimate of drug-likeness (QED) is 0.232. The van der Waals surface area contributed by atoms with Crippen LogP contribution in [-0.2, 0) is 42.8 Å². The number of rotatable bonds is 7. The molecular weight excluding hydrogens is 412 g/mol. The standard InChI is InChI=1S/C17H26O13/c1-6(18)25-5-10-14(27-7(2)19)15(28-8(3)20)17(30-10)26-4-9-11(21)12(22)13(23)16(24)29-9/h9-17,21-24H,4-5H2,1-3H3/t9-,10+,11-,12+,13-,14+,15-,16-,17-/m1/s1. The SMILES string of the molecule is CC(=O)OC[C@@H]1O[C@@H](OC[C@H]2O[C@@H](O)[C@H](O)[C@@H](O)[C@@H]2O)[C@H](OC(C)=O)[C@H]1OC(C)=O. The third-order valence-electron chi connectivity index (χ3n) is 4.43. The van der Waals surface area contributed by atoms with Gasteiger partial charge in [-0.15, -0.1) is 0 Å². The first-order valence-corrected chi connectivity index (χ1v) is 9.13. The maximum atomic E-state index is 11.5. The minimum Gasteiger partial charge on any atom is -0.463 e. The number of hydrogen-bond donors (Lipinski definition) is 4. The minimum absolute atomic E-state index is 0.322. The van der Waals surface area contributed by atoms with Gasteiger partial charge in [0.2, 0.25) is 0 Å². The van der Waals surface area contributed by atoms with Crippen LogP contribution in [0.2, 0.25) is 0 Å². The van der Waals surface area contributed by atoms with Crippen LogP contribution in [0.5, 0.6) is 0 Å². The van der Waals surface area contributed by atoms with Crippen LogP contribution in [0.4, 0.5) is 0 Å². The lowest BCUT2D eigenvalue weighted by Crippen LogP contribution is -2.59. The molecule has 30 heavy (non-hydrogen) atoms. The molecule has 13 nitrogen and oxygen atoms in total. The summed E-state index contributed by atoms with van der Waals surface area (Å²) < 4.78 is 31.3. The Morgan fingerprint density at radius 1 is 0.733 bits per heavy atom. The van der Waals surface area contributed by atoms with E-state index in [4.69, 9.17) is 28.4 Å². The van der Waals surface area contributed by atoms with Crippen LogP contribution in [0.3, 0.4) is 0 Å². The first-order chi connectivity index (χ1) is 14.0. The number of esters is 3. The van der Waals surface area contributed by atoms with E-state index in [1.807, 2.05) is 0 Å². The second-order valence-electron chi connectivity index (χ2n) is 6.86. The summed E-state index contributed by atoms with van der Waals surface area (Å²) in [5.74, 6) is -2.06. The van der Waals surface area contributed by atoms with Gasteiger partial charge >= 0.3 is 17.9 Å². The number of aliphatic hydroxyl groups is 4. The number of aliphatic hydroxyl groups excluding tert-OH is 4. The normalized spacial score (nSPS) is 38.7. The summed E-state index contributed by atoms with van der Waals surface area (Å²) in [6, 6.07) is 0. The highest BCUT2D eigenvalue weighted by atomic mass is 16.7. The Morgan fingerprint density at radius 3 is 1.90 bits per heavy atom. The van der Waals surface area contributed by atoms with E-state index in [2.05, 4.69) is 0 Å². The van der Waals surface area contributed by atoms with Crippen molar-refractivity contribution in [3.05, 3.63) is 0 Å². The molecule has 2 aliphatic heterocycles. The van der Waals surface area contributed by atoms with Crippen LogP contribution in [0.15, 0.2) is 0 Å². The molecule has 9 atom stereocenters. The summed E-state index contributed by atoms with van der Waals surface area (Å²) in [5.41, 5.74) is 0. The first-order valence-electron chi connectivity index (χ1n) is 9.13. The summed E-state index contributed by atoms with van der Waals surface area (Å²) in [7, 11) is 0. The molecule has 0 aliphatic carbocycles. The summed E-state index contributed by atoms with van der Waals surface area (Å²) in [6.45, 7) is 2.63. The van der Waals surface area contributed by atoms with Crippen molar-refractivity contribution in [3.8, 4) is 0 Å². The minimum atomic E-state index is -1.77. The molecule has 2 rings (SSSR count). The molecule has 0 aromatic carbocycles. The predicted molar refractivity (Wildman–Crippen MR) is 91.3 cm³/mol. The molecule has 0 aromatic heterocycles. The van der Waals surface area contributed by atoms with Crippen molar-refractivity contribution in [2.45, 2.75) is 76.1 Å². The Balaban J connectivity index is 2.11. The molecule has 2 aliphatic rings. The number of carbonyl (C=O) groups is 3. The van der Waals surface area contributed by atoms with Crippen molar-refractivity contribution < 1.29 is 63.2 Å². The zero-order chi connectivity index (χ0) is 22.6. The monoisotopic (exact) mass is 438 g/mol. The smallest absolute Gasteiger partial charge is 0.303 e. The maximum Gasteiger partial charge on any atom is 0.303 e. The fourth-order valence-electron chi connectivity index (χ4n) is 3.07. The average Bonchev–Trinajstić information content (AvgIpc) is 2.95. The molecular formula is C17H26O13. The van der Waals surface area contributed by atoms with Gasteiger partial charge in [-0.2, -0.15) is 0 Å². The summed E-state index contributed by atoms with van der Waals surface area (Å²) in [5, 5.41) is 38.9. The van der Waals surface area contributed by atoms with E-state index in [9.17, 15) is 34.8 Å². The van der Waals surface area contributed by atoms with Crippen LogP contribution in [0, 0.1) is 0 Å². The Kier molecular flexibility index (Phi) is 8.49. The van der Waals surface area contributed by atoms with Gasteiger partial charge in [0.15, 0.2) is 24.8 Å². The molecule has 0 saturated carbocycles. The fourth-order valence-corrected chi connectivity index (χ4v) is 3.07. The van der Waals surface area contributed by atoms with Crippen molar-refractivity contribution in [2.24, 2.45) is 0 Å². The van der Waals surface area contributed by atoms with Crippen molar-refractivity contribution in [3.63, 3.8) is 0 Å². The van der Waals surface area contributed by atoms with E-state index in [0.717, 1.165) is 13.8 Å². The molecule has 0 unspecified atom stereocenters. The third kappa shape index (κ3) is 6.07. The molecule has 0 amide bonds. The number of carbonyl (C=O) groups excluding carboxylic acids is 3. The number of hydrogen-bond acceptors (Lipinski definition) is 13. The van der Waals surface area contributed by atoms with Gasteiger partial charge in [0.05, 0.1) is 6.61 Å². The fraction of sp³-hybridized carbons (Fsp3) is 0.824. The molecule has 172 valence electrons. The van der Waals surface area contributed by atoms with E-state index in [0.29, 0.717) is 0 Å². The van der Waals surface area contributed by atoms with Gasteiger partial charge in [0.25, 0.3) is 0 Å². The van der Waals surface area contributed by atoms with E-state index < -0.39 is 79.8 Å². The second kappa shape index (κ2) is 10.4. The van der Waals surface area contributed by atoms with Crippen molar-refractivity contribution >= 4 is 17.9 Å². The Morgan fingerprint density at radius 2 is 1.33 bits per heavy atom. The zero-order valence-corrected chi connectivity index (χ0v) is 16.6. The van der Waals surface area contributed by atoms with Gasteiger partial charge in [-0.05, 0) is 0 Å². The topological polar surface area (TPSA) is 188 Å². The summed E-state index contributed by atoms with van der Waals surface area (Å²) in [4.78, 5) is 34.1. The molecule has 2 saturated heterocycles.